The third-order valence-electron chi connectivity index (χ3n) is 2.94. The van der Waals surface area contributed by atoms with Crippen molar-refractivity contribution in [3.63, 3.8) is 0 Å². The summed E-state index contributed by atoms with van der Waals surface area (Å²) in [5.74, 6) is -1.88. The maximum atomic E-state index is 11.1. The van der Waals surface area contributed by atoms with Crippen molar-refractivity contribution in [3.8, 4) is 0 Å². The van der Waals surface area contributed by atoms with Gasteiger partial charge in [-0.1, -0.05) is 13.0 Å². The van der Waals surface area contributed by atoms with Crippen LogP contribution >= 0.6 is 0 Å². The first-order valence-electron chi connectivity index (χ1n) is 5.60. The number of aromatic carboxylic acids is 1. The van der Waals surface area contributed by atoms with Gasteiger partial charge in [0.05, 0.1) is 5.56 Å². The van der Waals surface area contributed by atoms with Crippen LogP contribution in [0.15, 0.2) is 30.6 Å². The predicted octanol–water partition coefficient (Wildman–Crippen LogP) is 2.38. The van der Waals surface area contributed by atoms with E-state index in [2.05, 4.69) is 0 Å². The zero-order valence-corrected chi connectivity index (χ0v) is 9.83. The lowest BCUT2D eigenvalue weighted by Crippen LogP contribution is -2.16. The van der Waals surface area contributed by atoms with Crippen molar-refractivity contribution in [1.29, 1.82) is 0 Å². The second kappa shape index (κ2) is 4.52. The zero-order valence-electron chi connectivity index (χ0n) is 9.83. The number of carboxylic acids is 2. The van der Waals surface area contributed by atoms with Crippen molar-refractivity contribution < 1.29 is 19.8 Å². The van der Waals surface area contributed by atoms with Gasteiger partial charge in [-0.25, -0.2) is 9.59 Å². The fourth-order valence-corrected chi connectivity index (χ4v) is 1.99. The molecule has 0 spiro atoms. The Hall–Kier alpha value is -2.30. The number of benzene rings is 1. The minimum absolute atomic E-state index is 0.198. The molecule has 94 valence electrons. The lowest BCUT2D eigenvalue weighted by atomic mass is 10.1. The molecule has 0 saturated carbocycles. The zero-order chi connectivity index (χ0) is 13.3. The van der Waals surface area contributed by atoms with Crippen molar-refractivity contribution in [2.24, 2.45) is 0 Å². The van der Waals surface area contributed by atoms with Crippen LogP contribution in [0, 0.1) is 0 Å². The second-order valence-electron chi connectivity index (χ2n) is 4.12. The fourth-order valence-electron chi connectivity index (χ4n) is 1.99. The van der Waals surface area contributed by atoms with Gasteiger partial charge < -0.3 is 14.8 Å². The quantitative estimate of drug-likeness (QED) is 0.869. The normalized spacial score (nSPS) is 12.5. The van der Waals surface area contributed by atoms with Crippen molar-refractivity contribution in [2.75, 3.05) is 0 Å². The SMILES string of the molecule is CCC(C(=O)O)n1cc2ccc(C(=O)O)cc2c1. The minimum Gasteiger partial charge on any atom is -0.480 e. The van der Waals surface area contributed by atoms with Crippen LogP contribution in [0.3, 0.4) is 0 Å². The number of nitrogens with zero attached hydrogens (tertiary/aromatic N) is 1. The molecule has 0 saturated heterocycles. The largest absolute Gasteiger partial charge is 0.480 e. The summed E-state index contributed by atoms with van der Waals surface area (Å²) < 4.78 is 1.61. The van der Waals surface area contributed by atoms with Gasteiger partial charge >= 0.3 is 11.9 Å². The standard InChI is InChI=1S/C13H13NO4/c1-2-11(13(17)18)14-6-9-4-3-8(12(15)16)5-10(9)7-14/h3-7,11H,2H2,1H3,(H,15,16)(H,17,18). The van der Waals surface area contributed by atoms with Crippen molar-refractivity contribution in [2.45, 2.75) is 19.4 Å². The summed E-state index contributed by atoms with van der Waals surface area (Å²) >= 11 is 0. The van der Waals surface area contributed by atoms with Gasteiger partial charge in [-0.3, -0.25) is 0 Å². The van der Waals surface area contributed by atoms with E-state index in [0.29, 0.717) is 6.42 Å². The number of aliphatic carboxylic acids is 1. The van der Waals surface area contributed by atoms with Gasteiger partial charge in [-0.15, -0.1) is 0 Å². The molecule has 0 radical (unpaired) electrons. The summed E-state index contributed by atoms with van der Waals surface area (Å²) in [5, 5.41) is 19.5. The van der Waals surface area contributed by atoms with Gasteiger partial charge in [0, 0.05) is 17.8 Å². The average molecular weight is 247 g/mol. The highest BCUT2D eigenvalue weighted by atomic mass is 16.4. The molecule has 1 atom stereocenters. The third kappa shape index (κ3) is 2.07. The molecule has 18 heavy (non-hydrogen) atoms. The Morgan fingerprint density at radius 3 is 2.44 bits per heavy atom. The number of carboxylic acid groups (broad SMARTS) is 2. The van der Waals surface area contributed by atoms with Gasteiger partial charge in [0.1, 0.15) is 6.04 Å². The van der Waals surface area contributed by atoms with Crippen LogP contribution in [-0.2, 0) is 4.79 Å². The van der Waals surface area contributed by atoms with Gasteiger partial charge in [0.25, 0.3) is 0 Å². The molecule has 1 heterocycles. The van der Waals surface area contributed by atoms with E-state index in [1.807, 2.05) is 0 Å². The summed E-state index contributed by atoms with van der Waals surface area (Å²) in [4.78, 5) is 21.9. The fraction of sp³-hybridized carbons (Fsp3) is 0.231. The molecule has 5 nitrogen and oxygen atoms in total. The Morgan fingerprint density at radius 2 is 1.89 bits per heavy atom. The summed E-state index contributed by atoms with van der Waals surface area (Å²) in [6.45, 7) is 1.80. The van der Waals surface area contributed by atoms with Crippen molar-refractivity contribution in [3.05, 3.63) is 36.2 Å². The Kier molecular flexibility index (Phi) is 3.06. The molecule has 1 aromatic carbocycles. The average Bonchev–Trinajstić information content (AvgIpc) is 2.71. The van der Waals surface area contributed by atoms with Crippen LogP contribution < -0.4 is 0 Å². The third-order valence-corrected chi connectivity index (χ3v) is 2.94. The summed E-state index contributed by atoms with van der Waals surface area (Å²) in [6, 6.07) is 4.12. The highest BCUT2D eigenvalue weighted by Gasteiger charge is 2.17. The van der Waals surface area contributed by atoms with E-state index in [0.717, 1.165) is 10.8 Å². The topological polar surface area (TPSA) is 79.5 Å². The second-order valence-corrected chi connectivity index (χ2v) is 4.12. The van der Waals surface area contributed by atoms with E-state index in [4.69, 9.17) is 10.2 Å². The molecule has 5 heteroatoms. The first-order valence-corrected chi connectivity index (χ1v) is 5.60. The van der Waals surface area contributed by atoms with Gasteiger partial charge in [0.15, 0.2) is 0 Å². The monoisotopic (exact) mass is 247 g/mol. The number of hydrogen-bond donors (Lipinski definition) is 2. The van der Waals surface area contributed by atoms with E-state index in [1.165, 1.54) is 6.07 Å². The maximum absolute atomic E-state index is 11.1. The number of aromatic nitrogens is 1. The van der Waals surface area contributed by atoms with Crippen LogP contribution in [0.1, 0.15) is 29.7 Å². The molecule has 2 rings (SSSR count). The lowest BCUT2D eigenvalue weighted by Gasteiger charge is -2.10. The molecule has 0 bridgehead atoms. The Morgan fingerprint density at radius 1 is 1.22 bits per heavy atom. The van der Waals surface area contributed by atoms with Crippen molar-refractivity contribution in [1.82, 2.24) is 4.57 Å². The van der Waals surface area contributed by atoms with E-state index >= 15 is 0 Å². The van der Waals surface area contributed by atoms with Crippen LogP contribution in [0.5, 0.6) is 0 Å². The van der Waals surface area contributed by atoms with E-state index in [1.54, 1.807) is 36.0 Å². The van der Waals surface area contributed by atoms with Crippen molar-refractivity contribution >= 4 is 22.7 Å². The van der Waals surface area contributed by atoms with E-state index < -0.39 is 18.0 Å². The van der Waals surface area contributed by atoms with E-state index in [-0.39, 0.29) is 5.56 Å². The van der Waals surface area contributed by atoms with Gasteiger partial charge in [-0.2, -0.15) is 0 Å². The smallest absolute Gasteiger partial charge is 0.335 e. The first kappa shape index (κ1) is 12.2. The summed E-state index contributed by atoms with van der Waals surface area (Å²) in [5.41, 5.74) is 0.198. The highest BCUT2D eigenvalue weighted by molar-refractivity contribution is 5.94. The summed E-state index contributed by atoms with van der Waals surface area (Å²) in [6.07, 6.45) is 3.87. The molecule has 2 aromatic rings. The molecule has 0 aliphatic rings. The molecule has 1 unspecified atom stereocenters. The molecule has 0 fully saturated rings. The molecule has 0 aliphatic carbocycles. The van der Waals surface area contributed by atoms with Crippen LogP contribution in [0.4, 0.5) is 0 Å². The Labute approximate surface area is 103 Å². The number of fused-ring (bicyclic) bond motifs is 1. The summed E-state index contributed by atoms with van der Waals surface area (Å²) in [7, 11) is 0. The molecule has 2 N–H and O–H groups in total. The minimum atomic E-state index is -0.991. The molecular weight excluding hydrogens is 234 g/mol. The van der Waals surface area contributed by atoms with Crippen LogP contribution in [-0.4, -0.2) is 26.7 Å². The Balaban J connectivity index is 2.50. The number of carbonyl (C=O) groups is 2. The molecule has 1 aromatic heterocycles. The van der Waals surface area contributed by atoms with Crippen LogP contribution in [0.2, 0.25) is 0 Å². The maximum Gasteiger partial charge on any atom is 0.335 e. The molecular formula is C13H13NO4. The first-order chi connectivity index (χ1) is 8.52. The number of rotatable bonds is 4. The lowest BCUT2D eigenvalue weighted by molar-refractivity contribution is -0.141. The molecule has 0 aliphatic heterocycles. The Bertz CT molecular complexity index is 614. The highest BCUT2D eigenvalue weighted by Crippen LogP contribution is 2.22. The number of hydrogen-bond acceptors (Lipinski definition) is 2. The predicted molar refractivity (Wildman–Crippen MR) is 65.9 cm³/mol. The van der Waals surface area contributed by atoms with E-state index in [9.17, 15) is 9.59 Å². The van der Waals surface area contributed by atoms with Gasteiger partial charge in [0.2, 0.25) is 0 Å². The van der Waals surface area contributed by atoms with Gasteiger partial charge in [-0.05, 0) is 23.9 Å². The molecule has 0 amide bonds. The van der Waals surface area contributed by atoms with Crippen LogP contribution in [0.25, 0.3) is 10.8 Å².